The molecule has 0 atom stereocenters. The molecule has 3 heterocycles. The summed E-state index contributed by atoms with van der Waals surface area (Å²) in [7, 11) is 0. The van der Waals surface area contributed by atoms with Gasteiger partial charge in [-0.2, -0.15) is 28.2 Å². The Morgan fingerprint density at radius 3 is 2.31 bits per heavy atom. The molecule has 0 unspecified atom stereocenters. The van der Waals surface area contributed by atoms with Crippen LogP contribution in [0.15, 0.2) is 77.9 Å². The topological polar surface area (TPSA) is 125 Å². The monoisotopic (exact) mass is 707 g/mol. The Morgan fingerprint density at radius 1 is 0.941 bits per heavy atom. The first-order valence-electron chi connectivity index (χ1n) is 16.1. The number of hydrogen-bond acceptors (Lipinski definition) is 9. The Hall–Kier alpha value is -5.64. The standard InChI is InChI=1S/C35H33F4N7O5/c1-22(2)51-30-11-6-23(29(47)19-45-40-12-13-41-45)18-28(30)46-31(42-27-5-3-4-26(36)33(27)34(46)49)20-43-14-16-44(17-15-43)32(48)21-50-25-9-7-24(8-10-25)35(37,38)39/h3-13,18,22H,14-17,19-21H2,1-2H3. The van der Waals surface area contributed by atoms with Gasteiger partial charge in [-0.15, -0.1) is 0 Å². The number of fused-ring (bicyclic) bond motifs is 1. The molecule has 0 aliphatic carbocycles. The van der Waals surface area contributed by atoms with Gasteiger partial charge in [0.05, 0.1) is 41.8 Å². The van der Waals surface area contributed by atoms with E-state index in [4.69, 9.17) is 14.5 Å². The summed E-state index contributed by atoms with van der Waals surface area (Å²) in [6, 6.07) is 12.9. The lowest BCUT2D eigenvalue weighted by Gasteiger charge is -2.34. The fourth-order valence-electron chi connectivity index (χ4n) is 5.69. The van der Waals surface area contributed by atoms with Gasteiger partial charge in [-0.05, 0) is 68.4 Å². The van der Waals surface area contributed by atoms with Crippen molar-refractivity contribution in [3.63, 3.8) is 0 Å². The van der Waals surface area contributed by atoms with Gasteiger partial charge in [-0.3, -0.25) is 23.9 Å². The lowest BCUT2D eigenvalue weighted by atomic mass is 10.1. The number of amides is 1. The molecule has 1 amide bonds. The zero-order valence-electron chi connectivity index (χ0n) is 27.6. The van der Waals surface area contributed by atoms with Crippen molar-refractivity contribution in [2.24, 2.45) is 0 Å². The molecule has 1 fully saturated rings. The number of carbonyl (C=O) groups is 2. The number of hydrogen-bond donors (Lipinski definition) is 0. The molecule has 3 aromatic carbocycles. The molecule has 51 heavy (non-hydrogen) atoms. The highest BCUT2D eigenvalue weighted by Gasteiger charge is 2.30. The number of piperazine rings is 1. The Kier molecular flexibility index (Phi) is 10.1. The summed E-state index contributed by atoms with van der Waals surface area (Å²) in [5.74, 6) is -0.747. The summed E-state index contributed by atoms with van der Waals surface area (Å²) < 4.78 is 66.5. The lowest BCUT2D eigenvalue weighted by molar-refractivity contribution is -0.138. The van der Waals surface area contributed by atoms with Crippen LogP contribution in [0.25, 0.3) is 16.6 Å². The van der Waals surface area contributed by atoms with Crippen LogP contribution in [0.3, 0.4) is 0 Å². The maximum absolute atomic E-state index is 15.2. The second-order valence-electron chi connectivity index (χ2n) is 12.1. The van der Waals surface area contributed by atoms with E-state index >= 15 is 4.39 Å². The number of ketones is 1. The number of nitrogens with zero attached hydrogens (tertiary/aromatic N) is 7. The van der Waals surface area contributed by atoms with Gasteiger partial charge in [0.15, 0.2) is 12.4 Å². The smallest absolute Gasteiger partial charge is 0.416 e. The molecule has 0 spiro atoms. The first kappa shape index (κ1) is 35.2. The van der Waals surface area contributed by atoms with Crippen molar-refractivity contribution in [3.8, 4) is 17.2 Å². The first-order chi connectivity index (χ1) is 24.4. The molecule has 6 rings (SSSR count). The molecule has 266 valence electrons. The quantitative estimate of drug-likeness (QED) is 0.144. The minimum Gasteiger partial charge on any atom is -0.489 e. The van der Waals surface area contributed by atoms with Gasteiger partial charge in [0.25, 0.3) is 11.5 Å². The maximum Gasteiger partial charge on any atom is 0.416 e. The summed E-state index contributed by atoms with van der Waals surface area (Å²) in [4.78, 5) is 49.8. The van der Waals surface area contributed by atoms with Crippen LogP contribution in [0.4, 0.5) is 17.6 Å². The Morgan fingerprint density at radius 2 is 1.65 bits per heavy atom. The second-order valence-corrected chi connectivity index (χ2v) is 12.1. The van der Waals surface area contributed by atoms with Crippen molar-refractivity contribution in [2.45, 2.75) is 39.2 Å². The molecule has 1 saturated heterocycles. The molecule has 5 aromatic rings. The van der Waals surface area contributed by atoms with Crippen molar-refractivity contribution in [2.75, 3.05) is 32.8 Å². The van der Waals surface area contributed by atoms with E-state index in [1.807, 2.05) is 18.7 Å². The average molecular weight is 708 g/mol. The predicted octanol–water partition coefficient (Wildman–Crippen LogP) is 4.53. The zero-order chi connectivity index (χ0) is 36.3. The number of ether oxygens (including phenoxy) is 2. The molecule has 1 aliphatic rings. The van der Waals surface area contributed by atoms with Gasteiger partial charge < -0.3 is 14.4 Å². The largest absolute Gasteiger partial charge is 0.489 e. The third-order valence-corrected chi connectivity index (χ3v) is 8.19. The number of carbonyl (C=O) groups excluding carboxylic acids is 2. The van der Waals surface area contributed by atoms with Gasteiger partial charge in [0.1, 0.15) is 35.1 Å². The van der Waals surface area contributed by atoms with E-state index in [1.165, 1.54) is 40.0 Å². The zero-order valence-corrected chi connectivity index (χ0v) is 27.6. The van der Waals surface area contributed by atoms with E-state index in [0.717, 1.165) is 24.3 Å². The maximum atomic E-state index is 15.2. The molecule has 1 aliphatic heterocycles. The highest BCUT2D eigenvalue weighted by molar-refractivity contribution is 5.96. The van der Waals surface area contributed by atoms with Gasteiger partial charge >= 0.3 is 6.18 Å². The Labute approximate surface area is 288 Å². The van der Waals surface area contributed by atoms with Crippen LogP contribution in [-0.4, -0.2) is 84.9 Å². The molecule has 16 heteroatoms. The molecule has 2 aromatic heterocycles. The predicted molar refractivity (Wildman–Crippen MR) is 176 cm³/mol. The number of Topliss-reactive ketones (excluding diaryl/α,β-unsaturated/α-hetero) is 1. The van der Waals surface area contributed by atoms with Crippen LogP contribution in [-0.2, 0) is 24.1 Å². The normalized spacial score (nSPS) is 13.9. The van der Waals surface area contributed by atoms with E-state index in [2.05, 4.69) is 10.2 Å². The molecule has 0 N–H and O–H groups in total. The van der Waals surface area contributed by atoms with Crippen molar-refractivity contribution in [3.05, 3.63) is 106 Å². The summed E-state index contributed by atoms with van der Waals surface area (Å²) >= 11 is 0. The highest BCUT2D eigenvalue weighted by Crippen LogP contribution is 2.31. The van der Waals surface area contributed by atoms with Crippen molar-refractivity contribution < 1.29 is 36.6 Å². The molecule has 0 bridgehead atoms. The average Bonchev–Trinajstić information content (AvgIpc) is 3.60. The lowest BCUT2D eigenvalue weighted by Crippen LogP contribution is -2.50. The van der Waals surface area contributed by atoms with Gasteiger partial charge in [0.2, 0.25) is 0 Å². The number of halogens is 4. The van der Waals surface area contributed by atoms with Gasteiger partial charge in [-0.25, -0.2) is 9.37 Å². The van der Waals surface area contributed by atoms with Gasteiger partial charge in [0, 0.05) is 31.7 Å². The molecular formula is C35H33F4N7O5. The van der Waals surface area contributed by atoms with Crippen LogP contribution >= 0.6 is 0 Å². The fourth-order valence-corrected chi connectivity index (χ4v) is 5.69. The fraction of sp³-hybridized carbons (Fsp3) is 0.314. The number of benzene rings is 3. The molecule has 12 nitrogen and oxygen atoms in total. The van der Waals surface area contributed by atoms with Crippen molar-refractivity contribution in [1.82, 2.24) is 34.3 Å². The van der Waals surface area contributed by atoms with Crippen LogP contribution < -0.4 is 15.0 Å². The minimum absolute atomic E-state index is 0.127. The summed E-state index contributed by atoms with van der Waals surface area (Å²) in [6.07, 6.45) is -1.89. The molecule has 0 radical (unpaired) electrons. The Bertz CT molecular complexity index is 2090. The van der Waals surface area contributed by atoms with E-state index < -0.39 is 23.1 Å². The molecule has 0 saturated carbocycles. The summed E-state index contributed by atoms with van der Waals surface area (Å²) in [5, 5.41) is 7.75. The first-order valence-corrected chi connectivity index (χ1v) is 16.1. The molecular weight excluding hydrogens is 674 g/mol. The van der Waals surface area contributed by atoms with Crippen LogP contribution in [0.1, 0.15) is 35.6 Å². The summed E-state index contributed by atoms with van der Waals surface area (Å²) in [6.45, 7) is 4.61. The number of aromatic nitrogens is 5. The Balaban J connectivity index is 1.25. The SMILES string of the molecule is CC(C)Oc1ccc(C(=O)Cn2nccn2)cc1-n1c(CN2CCN(C(=O)COc3ccc(C(F)(F)F)cc3)CC2)nc2cccc(F)c2c1=O. The van der Waals surface area contributed by atoms with Crippen molar-refractivity contribution >= 4 is 22.6 Å². The van der Waals surface area contributed by atoms with Crippen molar-refractivity contribution in [1.29, 1.82) is 0 Å². The highest BCUT2D eigenvalue weighted by atomic mass is 19.4. The number of alkyl halides is 3. The van der Waals surface area contributed by atoms with Crippen LogP contribution in [0, 0.1) is 5.82 Å². The van der Waals surface area contributed by atoms with E-state index in [9.17, 15) is 27.6 Å². The van der Waals surface area contributed by atoms with Crippen LogP contribution in [0.5, 0.6) is 11.5 Å². The van der Waals surface area contributed by atoms with E-state index in [-0.39, 0.29) is 77.0 Å². The minimum atomic E-state index is -4.48. The van der Waals surface area contributed by atoms with Gasteiger partial charge in [-0.1, -0.05) is 6.07 Å². The summed E-state index contributed by atoms with van der Waals surface area (Å²) in [5.41, 5.74) is -0.898. The third-order valence-electron chi connectivity index (χ3n) is 8.19. The third kappa shape index (κ3) is 8.06. The van der Waals surface area contributed by atoms with E-state index in [1.54, 1.807) is 23.1 Å². The van der Waals surface area contributed by atoms with Crippen LogP contribution in [0.2, 0.25) is 0 Å². The second kappa shape index (κ2) is 14.7. The van der Waals surface area contributed by atoms with E-state index in [0.29, 0.717) is 26.2 Å². The number of rotatable bonds is 11.